The average molecular weight is 376 g/mol. The van der Waals surface area contributed by atoms with E-state index in [1.54, 1.807) is 26.0 Å². The third kappa shape index (κ3) is 4.61. The first-order valence-corrected chi connectivity index (χ1v) is 9.42. The van der Waals surface area contributed by atoms with Gasteiger partial charge in [0, 0.05) is 4.88 Å². The van der Waals surface area contributed by atoms with Gasteiger partial charge in [-0.25, -0.2) is 13.2 Å². The molecule has 0 atom stereocenters. The normalized spacial score (nSPS) is 10.8. The molecular weight excluding hydrogens is 357 g/mol. The Morgan fingerprint density at radius 2 is 1.75 bits per heavy atom. The summed E-state index contributed by atoms with van der Waals surface area (Å²) >= 11 is 1.23. The predicted molar refractivity (Wildman–Crippen MR) is 91.7 cm³/mol. The van der Waals surface area contributed by atoms with Crippen LogP contribution in [-0.4, -0.2) is 21.0 Å². The van der Waals surface area contributed by atoms with E-state index in [2.05, 4.69) is 4.72 Å². The number of thiophene rings is 1. The maximum Gasteiger partial charge on any atom is 1.00 e. The molecule has 0 bridgehead atoms. The molecule has 1 aromatic carbocycles. The Bertz CT molecular complexity index is 827. The monoisotopic (exact) mass is 376 g/mol. The molecule has 2 rings (SSSR count). The molecule has 0 saturated heterocycles. The van der Waals surface area contributed by atoms with Crippen LogP contribution in [0.4, 0.5) is 5.00 Å². The van der Waals surface area contributed by atoms with Crippen molar-refractivity contribution in [3.8, 4) is 0 Å². The van der Waals surface area contributed by atoms with Crippen molar-refractivity contribution in [2.24, 2.45) is 0 Å². The Labute approximate surface area is 168 Å². The molecule has 0 aliphatic carbocycles. The van der Waals surface area contributed by atoms with E-state index >= 15 is 0 Å². The number of nitrogens with one attached hydrogen (secondary N) is 1. The molecule has 8 heteroatoms. The van der Waals surface area contributed by atoms with Crippen LogP contribution in [0.1, 0.15) is 33.3 Å². The van der Waals surface area contributed by atoms with Gasteiger partial charge in [-0.3, -0.25) is 4.72 Å². The maximum absolute atomic E-state index is 12.5. The molecule has 0 unspecified atom stereocenters. The van der Waals surface area contributed by atoms with E-state index in [1.807, 2.05) is 13.8 Å². The fourth-order valence-corrected chi connectivity index (χ4v) is 4.40. The standard InChI is InChI=1S/C16H19NO4S2.Na/c1-5-21-16(18)14-11(3)12(4)22-15(14)17-23(19,20)13-8-6-10(2)7-9-13;/h6-9,17H,5H2,1-4H3;/q;+1. The van der Waals surface area contributed by atoms with E-state index in [9.17, 15) is 13.2 Å². The topological polar surface area (TPSA) is 72.5 Å². The van der Waals surface area contributed by atoms with Crippen LogP contribution >= 0.6 is 11.3 Å². The average Bonchev–Trinajstić information content (AvgIpc) is 2.73. The molecule has 0 spiro atoms. The number of ether oxygens (including phenoxy) is 1. The quantitative estimate of drug-likeness (QED) is 0.615. The van der Waals surface area contributed by atoms with Gasteiger partial charge in [-0.2, -0.15) is 0 Å². The summed E-state index contributed by atoms with van der Waals surface area (Å²) in [6.45, 7) is 7.45. The smallest absolute Gasteiger partial charge is 0.462 e. The molecule has 0 amide bonds. The Morgan fingerprint density at radius 1 is 1.17 bits per heavy atom. The number of anilines is 1. The zero-order chi connectivity index (χ0) is 17.2. The third-order valence-corrected chi connectivity index (χ3v) is 6.04. The van der Waals surface area contributed by atoms with Crippen LogP contribution < -0.4 is 34.3 Å². The minimum absolute atomic E-state index is 0. The number of carbonyl (C=O) groups excluding carboxylic acids is 1. The van der Waals surface area contributed by atoms with E-state index < -0.39 is 16.0 Å². The molecule has 24 heavy (non-hydrogen) atoms. The largest absolute Gasteiger partial charge is 1.00 e. The Hall–Kier alpha value is -0.860. The number of benzene rings is 1. The van der Waals surface area contributed by atoms with Crippen molar-refractivity contribution < 1.29 is 47.5 Å². The van der Waals surface area contributed by atoms with Gasteiger partial charge in [0.25, 0.3) is 10.0 Å². The van der Waals surface area contributed by atoms with Crippen LogP contribution in [0.5, 0.6) is 0 Å². The summed E-state index contributed by atoms with van der Waals surface area (Å²) < 4.78 is 32.6. The summed E-state index contributed by atoms with van der Waals surface area (Å²) in [5.74, 6) is -0.518. The minimum atomic E-state index is -3.75. The van der Waals surface area contributed by atoms with Crippen molar-refractivity contribution in [2.45, 2.75) is 32.6 Å². The van der Waals surface area contributed by atoms with E-state index in [4.69, 9.17) is 4.74 Å². The second kappa shape index (κ2) is 8.49. The first kappa shape index (κ1) is 21.2. The molecule has 1 heterocycles. The van der Waals surface area contributed by atoms with Crippen molar-refractivity contribution >= 4 is 32.3 Å². The summed E-state index contributed by atoms with van der Waals surface area (Å²) in [4.78, 5) is 13.1. The Morgan fingerprint density at radius 3 is 2.29 bits per heavy atom. The van der Waals surface area contributed by atoms with Crippen molar-refractivity contribution in [2.75, 3.05) is 11.3 Å². The molecule has 0 radical (unpaired) electrons. The number of aryl methyl sites for hydroxylation is 2. The first-order valence-electron chi connectivity index (χ1n) is 7.13. The second-order valence-electron chi connectivity index (χ2n) is 5.13. The van der Waals surface area contributed by atoms with Crippen molar-refractivity contribution in [3.63, 3.8) is 0 Å². The van der Waals surface area contributed by atoms with E-state index in [1.165, 1.54) is 23.5 Å². The Balaban J connectivity index is 0.00000288. The number of hydrogen-bond donors (Lipinski definition) is 1. The van der Waals surface area contributed by atoms with Gasteiger partial charge < -0.3 is 4.74 Å². The van der Waals surface area contributed by atoms with Crippen LogP contribution in [0.15, 0.2) is 29.2 Å². The number of sulfonamides is 1. The summed E-state index contributed by atoms with van der Waals surface area (Å²) in [7, 11) is -3.75. The van der Waals surface area contributed by atoms with E-state index in [-0.39, 0.29) is 46.6 Å². The van der Waals surface area contributed by atoms with Crippen LogP contribution in [0.25, 0.3) is 0 Å². The van der Waals surface area contributed by atoms with Crippen molar-refractivity contribution in [1.29, 1.82) is 0 Å². The fraction of sp³-hybridized carbons (Fsp3) is 0.312. The summed E-state index contributed by atoms with van der Waals surface area (Å²) in [5.41, 5.74) is 1.99. The van der Waals surface area contributed by atoms with Gasteiger partial charge in [-0.15, -0.1) is 11.3 Å². The predicted octanol–water partition coefficient (Wildman–Crippen LogP) is 0.655. The van der Waals surface area contributed by atoms with Gasteiger partial charge in [0.2, 0.25) is 0 Å². The molecule has 124 valence electrons. The van der Waals surface area contributed by atoms with Gasteiger partial charge in [-0.05, 0) is 45.4 Å². The number of carbonyl (C=O) groups is 1. The van der Waals surface area contributed by atoms with Gasteiger partial charge in [-0.1, -0.05) is 17.7 Å². The molecule has 0 aliphatic rings. The minimum Gasteiger partial charge on any atom is -0.462 e. The molecule has 0 saturated carbocycles. The molecule has 1 N–H and O–H groups in total. The molecule has 1 aromatic heterocycles. The summed E-state index contributed by atoms with van der Waals surface area (Å²) in [6.07, 6.45) is 0. The molecule has 2 aromatic rings. The third-order valence-electron chi connectivity index (χ3n) is 3.42. The maximum atomic E-state index is 12.5. The molecule has 5 nitrogen and oxygen atoms in total. The van der Waals surface area contributed by atoms with Crippen LogP contribution in [0, 0.1) is 20.8 Å². The van der Waals surface area contributed by atoms with Gasteiger partial charge in [0.15, 0.2) is 0 Å². The van der Waals surface area contributed by atoms with E-state index in [0.29, 0.717) is 5.00 Å². The number of esters is 1. The van der Waals surface area contributed by atoms with Gasteiger partial charge in [0.05, 0.1) is 17.1 Å². The van der Waals surface area contributed by atoms with Crippen molar-refractivity contribution in [1.82, 2.24) is 0 Å². The summed E-state index contributed by atoms with van der Waals surface area (Å²) in [5, 5.41) is 0.291. The Kier molecular flexibility index (Phi) is 7.49. The first-order chi connectivity index (χ1) is 10.8. The molecular formula is C16H19NNaO4S2+. The van der Waals surface area contributed by atoms with Gasteiger partial charge >= 0.3 is 35.5 Å². The van der Waals surface area contributed by atoms with Crippen LogP contribution in [0.2, 0.25) is 0 Å². The summed E-state index contributed by atoms with van der Waals surface area (Å²) in [6, 6.07) is 6.53. The number of hydrogen-bond acceptors (Lipinski definition) is 5. The van der Waals surface area contributed by atoms with Gasteiger partial charge in [0.1, 0.15) is 5.00 Å². The fourth-order valence-electron chi connectivity index (χ4n) is 2.05. The number of rotatable bonds is 5. The zero-order valence-electron chi connectivity index (χ0n) is 14.5. The molecule has 0 aliphatic heterocycles. The zero-order valence-corrected chi connectivity index (χ0v) is 18.1. The van der Waals surface area contributed by atoms with E-state index in [0.717, 1.165) is 16.0 Å². The SMILES string of the molecule is CCOC(=O)c1c(NS(=O)(=O)c2ccc(C)cc2)sc(C)c1C.[Na+]. The molecule has 0 fully saturated rings. The van der Waals surface area contributed by atoms with Crippen LogP contribution in [-0.2, 0) is 14.8 Å². The van der Waals surface area contributed by atoms with Crippen molar-refractivity contribution in [3.05, 3.63) is 45.8 Å². The van der Waals surface area contributed by atoms with Crippen LogP contribution in [0.3, 0.4) is 0 Å². The second-order valence-corrected chi connectivity index (χ2v) is 8.03.